The fourth-order valence-electron chi connectivity index (χ4n) is 8.50. The van der Waals surface area contributed by atoms with Gasteiger partial charge in [-0.25, -0.2) is 19.6 Å². The quantitative estimate of drug-likeness (QED) is 0.0684. The average Bonchev–Trinajstić information content (AvgIpc) is 3.95. The van der Waals surface area contributed by atoms with E-state index in [0.717, 1.165) is 70.8 Å². The van der Waals surface area contributed by atoms with Crippen molar-refractivity contribution in [3.8, 4) is 0 Å². The topological polar surface area (TPSA) is 204 Å². The highest BCUT2D eigenvalue weighted by molar-refractivity contribution is 6.30. The number of aromatic amines is 2. The van der Waals surface area contributed by atoms with Crippen LogP contribution in [0.2, 0.25) is 10.0 Å². The van der Waals surface area contributed by atoms with E-state index in [9.17, 15) is 19.2 Å². The highest BCUT2D eigenvalue weighted by Crippen LogP contribution is 2.28. The highest BCUT2D eigenvalue weighted by atomic mass is 35.5. The van der Waals surface area contributed by atoms with Crippen molar-refractivity contribution in [1.82, 2.24) is 40.8 Å². The van der Waals surface area contributed by atoms with Gasteiger partial charge in [-0.1, -0.05) is 79.2 Å². The molecule has 2 saturated heterocycles. The number of para-hydroxylation sites is 4. The number of nitrogens with zero attached hydrogens (tertiary/aromatic N) is 3. The number of amides is 3. The number of carbonyl (C=O) groups excluding carboxylic acids is 3. The molecule has 2 fully saturated rings. The van der Waals surface area contributed by atoms with Gasteiger partial charge >= 0.3 is 18.2 Å². The zero-order chi connectivity index (χ0) is 51.1. The molecular formula is C55H73Cl3N8O7. The Hall–Kier alpha value is -5.87. The zero-order valence-corrected chi connectivity index (χ0v) is 44.3. The van der Waals surface area contributed by atoms with Gasteiger partial charge in [-0.15, -0.1) is 12.4 Å². The van der Waals surface area contributed by atoms with Crippen LogP contribution in [0.1, 0.15) is 122 Å². The molecule has 0 aliphatic carbocycles. The fourth-order valence-corrected chi connectivity index (χ4v) is 8.75. The maximum absolute atomic E-state index is 13.4. The van der Waals surface area contributed by atoms with E-state index in [0.29, 0.717) is 41.9 Å². The molecule has 4 atom stereocenters. The molecule has 2 aliphatic heterocycles. The second-order valence-electron chi connectivity index (χ2n) is 20.2. The summed E-state index contributed by atoms with van der Waals surface area (Å²) in [5.41, 5.74) is 4.81. The standard InChI is InChI=1S/C27H33ClN4O3.C15H20ClNO4.C12H15N3.CH4.ClH/c1-27(2,3)35-26(34)29-21(15-18-10-12-20(28)13-11-18)16-24(33)32-14-6-7-19(17-32)25-30-22-8-4-5-9-23(22)31-25;1-15(2,3)21-14(20)17-12(9-13(18)19)8-10-4-6-11(16)7-5-10;1-2-6-11-10(5-1)14-12(15-11)9-4-3-7-13-8-9;;/h4-5,8-13,19,21H,6-7,14-17H2,1-3H3,(H,29,34)(H,30,31);4-7,12H,8-9H2,1-3H3,(H,17,20)(H,18,19);1-2,5-6,9,13H,3-4,7-8H2,(H,14,15);1H4;1H/t19?,21-;12-;;;/m11.../s1. The Morgan fingerprint density at radius 3 is 1.58 bits per heavy atom. The molecule has 3 amide bonds. The van der Waals surface area contributed by atoms with Crippen molar-refractivity contribution in [3.05, 3.63) is 130 Å². The second kappa shape index (κ2) is 28.0. The minimum atomic E-state index is -0.981. The number of benzene rings is 4. The predicted molar refractivity (Wildman–Crippen MR) is 293 cm³/mol. The third-order valence-corrected chi connectivity index (χ3v) is 12.2. The number of rotatable bonds is 12. The molecule has 6 aromatic rings. The summed E-state index contributed by atoms with van der Waals surface area (Å²) in [5.74, 6) is 1.82. The number of fused-ring (bicyclic) bond motifs is 2. The number of ether oxygens (including phenoxy) is 2. The molecule has 6 N–H and O–H groups in total. The lowest BCUT2D eigenvalue weighted by Crippen LogP contribution is -2.45. The van der Waals surface area contributed by atoms with Crippen LogP contribution in [0.4, 0.5) is 9.59 Å². The molecule has 0 spiro atoms. The van der Waals surface area contributed by atoms with E-state index in [1.807, 2.05) is 86.3 Å². The molecule has 4 aromatic carbocycles. The Balaban J connectivity index is 0.000000258. The lowest BCUT2D eigenvalue weighted by molar-refractivity contribution is -0.137. The van der Waals surface area contributed by atoms with Crippen LogP contribution >= 0.6 is 35.6 Å². The van der Waals surface area contributed by atoms with Crippen LogP contribution in [-0.2, 0) is 31.9 Å². The lowest BCUT2D eigenvalue weighted by atomic mass is 9.96. The second-order valence-corrected chi connectivity index (χ2v) is 21.0. The predicted octanol–water partition coefficient (Wildman–Crippen LogP) is 11.8. The average molecular weight is 1060 g/mol. The van der Waals surface area contributed by atoms with Crippen molar-refractivity contribution < 1.29 is 33.8 Å². The Morgan fingerprint density at radius 1 is 0.685 bits per heavy atom. The first-order chi connectivity index (χ1) is 33.7. The minimum Gasteiger partial charge on any atom is -0.481 e. The first-order valence-corrected chi connectivity index (χ1v) is 25.1. The molecular weight excluding hydrogens is 991 g/mol. The largest absolute Gasteiger partial charge is 0.481 e. The van der Waals surface area contributed by atoms with E-state index in [1.165, 1.54) is 12.8 Å². The van der Waals surface area contributed by atoms with E-state index in [4.69, 9.17) is 42.8 Å². The zero-order valence-electron chi connectivity index (χ0n) is 41.9. The number of halogens is 3. The van der Waals surface area contributed by atoms with E-state index in [1.54, 1.807) is 45.0 Å². The minimum absolute atomic E-state index is 0. The summed E-state index contributed by atoms with van der Waals surface area (Å²) in [6.45, 7) is 14.2. The van der Waals surface area contributed by atoms with Crippen LogP contribution < -0.4 is 16.0 Å². The van der Waals surface area contributed by atoms with Gasteiger partial charge in [0.1, 0.15) is 22.9 Å². The van der Waals surface area contributed by atoms with Crippen LogP contribution in [0.25, 0.3) is 22.1 Å². The van der Waals surface area contributed by atoms with Crippen LogP contribution in [0.15, 0.2) is 97.1 Å². The molecule has 18 heteroatoms. The molecule has 0 saturated carbocycles. The third-order valence-electron chi connectivity index (χ3n) is 11.7. The highest BCUT2D eigenvalue weighted by Gasteiger charge is 2.30. The van der Waals surface area contributed by atoms with Crippen molar-refractivity contribution in [1.29, 1.82) is 0 Å². The molecule has 0 radical (unpaired) electrons. The van der Waals surface area contributed by atoms with Gasteiger partial charge < -0.3 is 45.4 Å². The smallest absolute Gasteiger partial charge is 0.407 e. The number of piperidine rings is 2. The van der Waals surface area contributed by atoms with E-state index < -0.39 is 41.4 Å². The number of likely N-dealkylation sites (tertiary alicyclic amines) is 1. The van der Waals surface area contributed by atoms with E-state index >= 15 is 0 Å². The molecule has 73 heavy (non-hydrogen) atoms. The molecule has 2 unspecified atom stereocenters. The third kappa shape index (κ3) is 20.2. The maximum atomic E-state index is 13.4. The Bertz CT molecular complexity index is 2610. The van der Waals surface area contributed by atoms with Gasteiger partial charge in [-0.3, -0.25) is 9.59 Å². The van der Waals surface area contributed by atoms with Crippen molar-refractivity contribution >= 4 is 81.7 Å². The number of alkyl carbamates (subject to hydrolysis) is 2. The van der Waals surface area contributed by atoms with Gasteiger partial charge in [0.15, 0.2) is 0 Å². The summed E-state index contributed by atoms with van der Waals surface area (Å²) in [6.07, 6.45) is 4.14. The molecule has 2 aromatic heterocycles. The number of carboxylic acid groups (broad SMARTS) is 1. The van der Waals surface area contributed by atoms with Crippen molar-refractivity contribution in [2.24, 2.45) is 0 Å². The van der Waals surface area contributed by atoms with Gasteiger partial charge in [0.05, 0.1) is 28.5 Å². The number of imidazole rings is 2. The van der Waals surface area contributed by atoms with Crippen LogP contribution in [0, 0.1) is 0 Å². The monoisotopic (exact) mass is 1060 g/mol. The summed E-state index contributed by atoms with van der Waals surface area (Å²) < 4.78 is 10.6. The van der Waals surface area contributed by atoms with E-state index in [2.05, 4.69) is 43.0 Å². The summed E-state index contributed by atoms with van der Waals surface area (Å²) in [6, 6.07) is 29.7. The lowest BCUT2D eigenvalue weighted by Gasteiger charge is -2.33. The Kier molecular flexibility index (Phi) is 22.9. The van der Waals surface area contributed by atoms with Gasteiger partial charge in [-0.05, 0) is 146 Å². The molecule has 2 aliphatic rings. The van der Waals surface area contributed by atoms with Crippen LogP contribution in [0.3, 0.4) is 0 Å². The van der Waals surface area contributed by atoms with Gasteiger partial charge in [-0.2, -0.15) is 0 Å². The molecule has 0 bridgehead atoms. The Morgan fingerprint density at radius 2 is 1.14 bits per heavy atom. The number of hydrogen-bond donors (Lipinski definition) is 6. The van der Waals surface area contributed by atoms with Gasteiger partial charge in [0.25, 0.3) is 0 Å². The van der Waals surface area contributed by atoms with Crippen LogP contribution in [0.5, 0.6) is 0 Å². The Labute approximate surface area is 445 Å². The number of carboxylic acids is 1. The van der Waals surface area contributed by atoms with Crippen molar-refractivity contribution in [2.45, 2.75) is 135 Å². The molecule has 8 rings (SSSR count). The number of aliphatic carboxylic acids is 1. The number of H-pyrrole nitrogens is 2. The molecule has 4 heterocycles. The van der Waals surface area contributed by atoms with Gasteiger partial charge in [0, 0.05) is 60.0 Å². The summed E-state index contributed by atoms with van der Waals surface area (Å²) in [4.78, 5) is 66.6. The molecule has 396 valence electrons. The van der Waals surface area contributed by atoms with Crippen LogP contribution in [-0.4, -0.2) is 103 Å². The summed E-state index contributed by atoms with van der Waals surface area (Å²) >= 11 is 11.8. The first-order valence-electron chi connectivity index (χ1n) is 24.3. The maximum Gasteiger partial charge on any atom is 0.407 e. The van der Waals surface area contributed by atoms with E-state index in [-0.39, 0.29) is 44.5 Å². The van der Waals surface area contributed by atoms with Gasteiger partial charge in [0.2, 0.25) is 5.91 Å². The van der Waals surface area contributed by atoms with Crippen molar-refractivity contribution in [3.63, 3.8) is 0 Å². The van der Waals surface area contributed by atoms with Crippen molar-refractivity contribution in [2.75, 3.05) is 26.2 Å². The normalized spacial score (nSPS) is 16.4. The summed E-state index contributed by atoms with van der Waals surface area (Å²) in [7, 11) is 0. The number of aromatic nitrogens is 4. The number of nitrogens with one attached hydrogen (secondary N) is 5. The number of hydrogen-bond acceptors (Lipinski definition) is 9. The SMILES string of the molecule is C.CC(C)(C)OC(=O)N[C@@H](CC(=O)N1CCCC(c2nc3ccccc3[nH]2)C1)Cc1ccc(Cl)cc1.CC(C)(C)OC(=O)N[C@@H](CC(=O)O)Cc1ccc(Cl)cc1.Cl.c1ccc2[nH]c(C3CCCNC3)nc2c1. The summed E-state index contributed by atoms with van der Waals surface area (Å²) in [5, 5.41) is 19.1. The first kappa shape index (κ1) is 59.7. The number of carbonyl (C=O) groups is 4. The fraction of sp³-hybridized carbons (Fsp3) is 0.455. The molecule has 15 nitrogen and oxygen atoms in total.